The number of hydrogen-bond acceptors (Lipinski definition) is 5. The minimum absolute atomic E-state index is 0. The number of thioether (sulfide) groups is 1. The van der Waals surface area contributed by atoms with E-state index in [4.69, 9.17) is 0 Å². The standard InChI is InChI=1S/C14H24N4O2S3.HI/c1-15-14(16-5-4-13-3-2-9-22-13)17-6-12-23(19,20)18-7-10-21-11-8-18;/h2-3,9H,4-8,10-12H2,1H3,(H2,15,16,17);1H. The molecule has 0 amide bonds. The summed E-state index contributed by atoms with van der Waals surface area (Å²) in [6.45, 7) is 2.39. The van der Waals surface area contributed by atoms with Crippen molar-refractivity contribution in [3.63, 3.8) is 0 Å². The van der Waals surface area contributed by atoms with Crippen LogP contribution in [0.1, 0.15) is 4.88 Å². The molecular weight excluding hydrogens is 479 g/mol. The van der Waals surface area contributed by atoms with Crippen molar-refractivity contribution in [3.05, 3.63) is 22.4 Å². The molecule has 6 nitrogen and oxygen atoms in total. The predicted octanol–water partition coefficient (Wildman–Crippen LogP) is 1.45. The first-order valence-electron chi connectivity index (χ1n) is 7.64. The lowest BCUT2D eigenvalue weighted by molar-refractivity contribution is 0.443. The van der Waals surface area contributed by atoms with Gasteiger partial charge in [-0.2, -0.15) is 11.8 Å². The Morgan fingerprint density at radius 1 is 1.29 bits per heavy atom. The molecule has 0 bridgehead atoms. The Morgan fingerprint density at radius 2 is 2.00 bits per heavy atom. The zero-order valence-corrected chi connectivity index (χ0v) is 18.5. The number of aliphatic imine (C=N–C) groups is 1. The van der Waals surface area contributed by atoms with Crippen molar-refractivity contribution < 1.29 is 8.42 Å². The highest BCUT2D eigenvalue weighted by atomic mass is 127. The van der Waals surface area contributed by atoms with Gasteiger partial charge in [0, 0.05) is 49.6 Å². The summed E-state index contributed by atoms with van der Waals surface area (Å²) in [5.41, 5.74) is 0. The molecule has 1 fully saturated rings. The van der Waals surface area contributed by atoms with Crippen LogP contribution in [0.15, 0.2) is 22.5 Å². The van der Waals surface area contributed by atoms with Gasteiger partial charge in [0.1, 0.15) is 0 Å². The molecule has 1 aliphatic rings. The average Bonchev–Trinajstić information content (AvgIpc) is 3.07. The third kappa shape index (κ3) is 7.46. The van der Waals surface area contributed by atoms with Gasteiger partial charge in [-0.1, -0.05) is 6.07 Å². The second kappa shape index (κ2) is 11.6. The van der Waals surface area contributed by atoms with Crippen LogP contribution in [0, 0.1) is 0 Å². The van der Waals surface area contributed by atoms with E-state index in [0.717, 1.165) is 24.5 Å². The molecule has 1 saturated heterocycles. The largest absolute Gasteiger partial charge is 0.356 e. The molecule has 2 N–H and O–H groups in total. The van der Waals surface area contributed by atoms with Crippen LogP contribution in [-0.4, -0.2) is 69.2 Å². The molecule has 1 aliphatic heterocycles. The highest BCUT2D eigenvalue weighted by Crippen LogP contribution is 2.13. The van der Waals surface area contributed by atoms with Crippen molar-refractivity contribution in [1.29, 1.82) is 0 Å². The highest BCUT2D eigenvalue weighted by molar-refractivity contribution is 14.0. The maximum Gasteiger partial charge on any atom is 0.215 e. The summed E-state index contributed by atoms with van der Waals surface area (Å²) in [4.78, 5) is 5.44. The van der Waals surface area contributed by atoms with Crippen molar-refractivity contribution in [2.45, 2.75) is 6.42 Å². The van der Waals surface area contributed by atoms with E-state index in [0.29, 0.717) is 25.6 Å². The molecule has 0 radical (unpaired) electrons. The molecule has 0 aliphatic carbocycles. The molecule has 0 atom stereocenters. The summed E-state index contributed by atoms with van der Waals surface area (Å²) >= 11 is 3.54. The minimum atomic E-state index is -3.17. The van der Waals surface area contributed by atoms with E-state index in [-0.39, 0.29) is 29.7 Å². The van der Waals surface area contributed by atoms with Gasteiger partial charge in [-0.25, -0.2) is 12.7 Å². The molecule has 138 valence electrons. The summed E-state index contributed by atoms with van der Waals surface area (Å²) in [5, 5.41) is 8.35. The van der Waals surface area contributed by atoms with Gasteiger partial charge in [0.15, 0.2) is 5.96 Å². The van der Waals surface area contributed by atoms with Crippen LogP contribution in [0.5, 0.6) is 0 Å². The smallest absolute Gasteiger partial charge is 0.215 e. The first-order chi connectivity index (χ1) is 11.1. The van der Waals surface area contributed by atoms with Crippen molar-refractivity contribution in [1.82, 2.24) is 14.9 Å². The third-order valence-corrected chi connectivity index (χ3v) is 7.23. The third-order valence-electron chi connectivity index (χ3n) is 3.48. The Hall–Kier alpha value is -0.0400. The van der Waals surface area contributed by atoms with E-state index in [9.17, 15) is 8.42 Å². The van der Waals surface area contributed by atoms with Crippen molar-refractivity contribution >= 4 is 63.1 Å². The number of guanidine groups is 1. The Labute approximate surface area is 169 Å². The van der Waals surface area contributed by atoms with Crippen LogP contribution >= 0.6 is 47.1 Å². The second-order valence-corrected chi connectivity index (χ2v) is 9.43. The minimum Gasteiger partial charge on any atom is -0.356 e. The van der Waals surface area contributed by atoms with Crippen LogP contribution in [0.3, 0.4) is 0 Å². The Kier molecular flexibility index (Phi) is 10.6. The second-order valence-electron chi connectivity index (χ2n) is 5.08. The van der Waals surface area contributed by atoms with E-state index in [1.165, 1.54) is 4.88 Å². The van der Waals surface area contributed by atoms with Gasteiger partial charge >= 0.3 is 0 Å². The lowest BCUT2D eigenvalue weighted by Gasteiger charge is -2.25. The van der Waals surface area contributed by atoms with Crippen LogP contribution in [0.25, 0.3) is 0 Å². The molecule has 24 heavy (non-hydrogen) atoms. The van der Waals surface area contributed by atoms with Gasteiger partial charge in [-0.05, 0) is 17.9 Å². The molecular formula is C14H25IN4O2S3. The zero-order chi connectivity index (χ0) is 16.5. The SMILES string of the molecule is CN=C(NCCc1cccs1)NCCS(=O)(=O)N1CCSCC1.I. The number of nitrogens with zero attached hydrogens (tertiary/aromatic N) is 2. The van der Waals surface area contributed by atoms with Crippen molar-refractivity contribution in [2.24, 2.45) is 4.99 Å². The Morgan fingerprint density at radius 3 is 2.62 bits per heavy atom. The monoisotopic (exact) mass is 504 g/mol. The van der Waals surface area contributed by atoms with Gasteiger partial charge in [-0.3, -0.25) is 4.99 Å². The summed E-state index contributed by atoms with van der Waals surface area (Å²) in [7, 11) is -1.48. The molecule has 0 saturated carbocycles. The summed E-state index contributed by atoms with van der Waals surface area (Å²) < 4.78 is 26.1. The van der Waals surface area contributed by atoms with Crippen LogP contribution in [0.2, 0.25) is 0 Å². The normalized spacial score (nSPS) is 16.5. The highest BCUT2D eigenvalue weighted by Gasteiger charge is 2.23. The lowest BCUT2D eigenvalue weighted by Crippen LogP contribution is -2.44. The van der Waals surface area contributed by atoms with E-state index in [1.807, 2.05) is 6.07 Å². The maximum absolute atomic E-state index is 12.2. The molecule has 0 spiro atoms. The van der Waals surface area contributed by atoms with Crippen LogP contribution in [-0.2, 0) is 16.4 Å². The number of sulfonamides is 1. The Bertz CT molecular complexity index is 587. The van der Waals surface area contributed by atoms with Gasteiger partial charge in [0.25, 0.3) is 0 Å². The molecule has 10 heteroatoms. The van der Waals surface area contributed by atoms with E-state index in [1.54, 1.807) is 34.5 Å². The first kappa shape index (κ1) is 22.0. The summed E-state index contributed by atoms with van der Waals surface area (Å²) in [6.07, 6.45) is 0.933. The van der Waals surface area contributed by atoms with Gasteiger partial charge in [0.2, 0.25) is 10.0 Å². The van der Waals surface area contributed by atoms with Gasteiger partial charge < -0.3 is 10.6 Å². The topological polar surface area (TPSA) is 73.8 Å². The number of thiophene rings is 1. The van der Waals surface area contributed by atoms with E-state index < -0.39 is 10.0 Å². The van der Waals surface area contributed by atoms with E-state index >= 15 is 0 Å². The molecule has 2 heterocycles. The number of rotatable bonds is 7. The van der Waals surface area contributed by atoms with Crippen molar-refractivity contribution in [3.8, 4) is 0 Å². The molecule has 0 aromatic carbocycles. The Balaban J connectivity index is 0.00000288. The van der Waals surface area contributed by atoms with E-state index in [2.05, 4.69) is 27.1 Å². The first-order valence-corrected chi connectivity index (χ1v) is 11.3. The predicted molar refractivity (Wildman–Crippen MR) is 115 cm³/mol. The molecule has 1 aromatic heterocycles. The fraction of sp³-hybridized carbons (Fsp3) is 0.643. The number of halogens is 1. The van der Waals surface area contributed by atoms with Crippen LogP contribution < -0.4 is 10.6 Å². The maximum atomic E-state index is 12.2. The number of hydrogen-bond donors (Lipinski definition) is 2. The van der Waals surface area contributed by atoms with Gasteiger partial charge in [0.05, 0.1) is 5.75 Å². The summed E-state index contributed by atoms with van der Waals surface area (Å²) in [5.74, 6) is 2.52. The molecule has 0 unspecified atom stereocenters. The fourth-order valence-electron chi connectivity index (χ4n) is 2.23. The fourth-order valence-corrected chi connectivity index (χ4v) is 5.43. The van der Waals surface area contributed by atoms with Gasteiger partial charge in [-0.15, -0.1) is 35.3 Å². The average molecular weight is 504 g/mol. The van der Waals surface area contributed by atoms with Crippen molar-refractivity contribution in [2.75, 3.05) is 50.5 Å². The summed E-state index contributed by atoms with van der Waals surface area (Å²) in [6, 6.07) is 4.14. The zero-order valence-electron chi connectivity index (χ0n) is 13.7. The quantitative estimate of drug-likeness (QED) is 0.334. The number of nitrogens with one attached hydrogen (secondary N) is 2. The molecule has 1 aromatic rings. The van der Waals surface area contributed by atoms with Crippen LogP contribution in [0.4, 0.5) is 0 Å². The molecule has 2 rings (SSSR count). The lowest BCUT2D eigenvalue weighted by atomic mass is 10.3.